The maximum absolute atomic E-state index is 12.8. The van der Waals surface area contributed by atoms with E-state index in [1.807, 2.05) is 0 Å². The Morgan fingerprint density at radius 1 is 1.08 bits per heavy atom. The maximum Gasteiger partial charge on any atom is 0.255 e. The first-order valence-corrected chi connectivity index (χ1v) is 8.18. The highest BCUT2D eigenvalue weighted by Crippen LogP contribution is 2.35. The van der Waals surface area contributed by atoms with Gasteiger partial charge in [0.25, 0.3) is 5.91 Å². The summed E-state index contributed by atoms with van der Waals surface area (Å²) in [6.07, 6.45) is 0. The van der Waals surface area contributed by atoms with E-state index in [0.29, 0.717) is 22.8 Å². The van der Waals surface area contributed by atoms with Gasteiger partial charge in [-0.2, -0.15) is 0 Å². The van der Waals surface area contributed by atoms with Crippen LogP contribution in [0.2, 0.25) is 0 Å². The molecule has 2 rings (SSSR count). The van der Waals surface area contributed by atoms with Gasteiger partial charge in [-0.15, -0.1) is 0 Å². The summed E-state index contributed by atoms with van der Waals surface area (Å²) in [5, 5.41) is 7.58. The van der Waals surface area contributed by atoms with Gasteiger partial charge in [0.05, 0.1) is 32.9 Å². The predicted octanol–water partition coefficient (Wildman–Crippen LogP) is 1.38. The summed E-state index contributed by atoms with van der Waals surface area (Å²) in [7, 11) is 4.61. The second-order valence-corrected chi connectivity index (χ2v) is 5.59. The summed E-state index contributed by atoms with van der Waals surface area (Å²) in [5.74, 6) is 1.24. The standard InChI is InChI=1S/C17H27N3O4/c1-6-19-10-12(11-20(19)7-2)18-17(21)14-8-13(22-3)9-15(23-4)16(14)24-5/h8-9,12H,6-7,10-11H2,1-5H3,(H,18,21). The number of nitrogens with zero attached hydrogens (tertiary/aromatic N) is 2. The van der Waals surface area contributed by atoms with Gasteiger partial charge in [0, 0.05) is 32.2 Å². The first kappa shape index (κ1) is 18.4. The number of benzene rings is 1. The topological polar surface area (TPSA) is 63.3 Å². The number of hydrazine groups is 1. The Hall–Kier alpha value is -1.99. The number of nitrogens with one attached hydrogen (secondary N) is 1. The summed E-state index contributed by atoms with van der Waals surface area (Å²) >= 11 is 0. The molecule has 24 heavy (non-hydrogen) atoms. The number of rotatable bonds is 7. The quantitative estimate of drug-likeness (QED) is 0.811. The molecule has 7 nitrogen and oxygen atoms in total. The highest BCUT2D eigenvalue weighted by Gasteiger charge is 2.30. The van der Waals surface area contributed by atoms with E-state index in [1.54, 1.807) is 19.2 Å². The second kappa shape index (κ2) is 8.21. The molecule has 1 aliphatic rings. The number of carbonyl (C=O) groups excluding carboxylic acids is 1. The van der Waals surface area contributed by atoms with E-state index in [9.17, 15) is 4.79 Å². The number of hydrogen-bond donors (Lipinski definition) is 1. The van der Waals surface area contributed by atoms with Crippen LogP contribution in [0.3, 0.4) is 0 Å². The van der Waals surface area contributed by atoms with Crippen LogP contribution in [0.5, 0.6) is 17.2 Å². The minimum Gasteiger partial charge on any atom is -0.497 e. The second-order valence-electron chi connectivity index (χ2n) is 5.59. The van der Waals surface area contributed by atoms with Crippen LogP contribution in [0.25, 0.3) is 0 Å². The zero-order chi connectivity index (χ0) is 17.7. The molecule has 1 aromatic rings. The van der Waals surface area contributed by atoms with Crippen LogP contribution in [-0.4, -0.2) is 69.5 Å². The lowest BCUT2D eigenvalue weighted by molar-refractivity contribution is 0.0388. The van der Waals surface area contributed by atoms with Crippen molar-refractivity contribution in [3.8, 4) is 17.2 Å². The number of carbonyl (C=O) groups is 1. The third-order valence-corrected chi connectivity index (χ3v) is 4.26. The van der Waals surface area contributed by atoms with Crippen molar-refractivity contribution in [2.75, 3.05) is 47.5 Å². The first-order valence-electron chi connectivity index (χ1n) is 8.18. The molecular weight excluding hydrogens is 310 g/mol. The average molecular weight is 337 g/mol. The van der Waals surface area contributed by atoms with Gasteiger partial charge in [0.2, 0.25) is 0 Å². The lowest BCUT2D eigenvalue weighted by Crippen LogP contribution is -2.38. The summed E-state index contributed by atoms with van der Waals surface area (Å²) in [6.45, 7) is 7.69. The minimum absolute atomic E-state index is 0.0688. The smallest absolute Gasteiger partial charge is 0.255 e. The molecule has 134 valence electrons. The maximum atomic E-state index is 12.8. The van der Waals surface area contributed by atoms with E-state index in [0.717, 1.165) is 26.2 Å². The molecule has 0 aliphatic carbocycles. The fourth-order valence-electron chi connectivity index (χ4n) is 3.04. The number of likely N-dealkylation sites (N-methyl/N-ethyl adjacent to an activating group) is 2. The van der Waals surface area contributed by atoms with Crippen LogP contribution in [-0.2, 0) is 0 Å². The number of methoxy groups -OCH3 is 3. The van der Waals surface area contributed by atoms with E-state index in [4.69, 9.17) is 14.2 Å². The monoisotopic (exact) mass is 337 g/mol. The number of hydrogen-bond acceptors (Lipinski definition) is 6. The third-order valence-electron chi connectivity index (χ3n) is 4.26. The Morgan fingerprint density at radius 2 is 1.71 bits per heavy atom. The molecule has 1 N–H and O–H groups in total. The van der Waals surface area contributed by atoms with E-state index in [-0.39, 0.29) is 11.9 Å². The van der Waals surface area contributed by atoms with Crippen LogP contribution < -0.4 is 19.5 Å². The SMILES string of the molecule is CCN1CC(NC(=O)c2cc(OC)cc(OC)c2OC)CN1CC. The van der Waals surface area contributed by atoms with Gasteiger partial charge in [0.1, 0.15) is 5.75 Å². The van der Waals surface area contributed by atoms with E-state index in [1.165, 1.54) is 14.2 Å². The zero-order valence-electron chi connectivity index (χ0n) is 15.1. The Labute approximate surface area is 143 Å². The molecule has 0 saturated carbocycles. The minimum atomic E-state index is -0.192. The highest BCUT2D eigenvalue weighted by atomic mass is 16.5. The van der Waals surface area contributed by atoms with Gasteiger partial charge in [-0.25, -0.2) is 10.0 Å². The van der Waals surface area contributed by atoms with Crippen molar-refractivity contribution in [3.05, 3.63) is 17.7 Å². The average Bonchev–Trinajstić information content (AvgIpc) is 3.01. The molecule has 0 spiro atoms. The molecule has 0 bridgehead atoms. The molecule has 1 aromatic carbocycles. The molecule has 1 amide bonds. The Morgan fingerprint density at radius 3 is 2.17 bits per heavy atom. The van der Waals surface area contributed by atoms with Crippen molar-refractivity contribution in [2.45, 2.75) is 19.9 Å². The first-order chi connectivity index (χ1) is 11.6. The fraction of sp³-hybridized carbons (Fsp3) is 0.588. The molecule has 0 atom stereocenters. The van der Waals surface area contributed by atoms with Crippen LogP contribution in [0.1, 0.15) is 24.2 Å². The van der Waals surface area contributed by atoms with E-state index < -0.39 is 0 Å². The lowest BCUT2D eigenvalue weighted by Gasteiger charge is -2.24. The van der Waals surface area contributed by atoms with Crippen molar-refractivity contribution < 1.29 is 19.0 Å². The molecule has 1 fully saturated rings. The molecule has 7 heteroatoms. The van der Waals surface area contributed by atoms with Crippen LogP contribution in [0.15, 0.2) is 12.1 Å². The normalized spacial score (nSPS) is 16.2. The molecular formula is C17H27N3O4. The van der Waals surface area contributed by atoms with E-state index >= 15 is 0 Å². The summed E-state index contributed by atoms with van der Waals surface area (Å²) in [4.78, 5) is 12.8. The predicted molar refractivity (Wildman–Crippen MR) is 91.8 cm³/mol. The highest BCUT2D eigenvalue weighted by molar-refractivity contribution is 5.98. The zero-order valence-corrected chi connectivity index (χ0v) is 15.1. The van der Waals surface area contributed by atoms with E-state index in [2.05, 4.69) is 29.2 Å². The fourth-order valence-corrected chi connectivity index (χ4v) is 3.04. The Kier molecular flexibility index (Phi) is 6.28. The van der Waals surface area contributed by atoms with Gasteiger partial charge in [-0.05, 0) is 6.07 Å². The van der Waals surface area contributed by atoms with Crippen LogP contribution in [0, 0.1) is 0 Å². The third kappa shape index (κ3) is 3.73. The van der Waals surface area contributed by atoms with Gasteiger partial charge in [-0.1, -0.05) is 13.8 Å². The van der Waals surface area contributed by atoms with Crippen molar-refractivity contribution in [3.63, 3.8) is 0 Å². The van der Waals surface area contributed by atoms with Crippen molar-refractivity contribution in [1.82, 2.24) is 15.3 Å². The van der Waals surface area contributed by atoms with Crippen LogP contribution in [0.4, 0.5) is 0 Å². The molecule has 0 aromatic heterocycles. The number of ether oxygens (including phenoxy) is 3. The van der Waals surface area contributed by atoms with Gasteiger partial charge < -0.3 is 19.5 Å². The molecule has 1 heterocycles. The summed E-state index contributed by atoms with van der Waals surface area (Å²) < 4.78 is 15.9. The van der Waals surface area contributed by atoms with Gasteiger partial charge in [-0.3, -0.25) is 4.79 Å². The van der Waals surface area contributed by atoms with Crippen LogP contribution >= 0.6 is 0 Å². The van der Waals surface area contributed by atoms with Gasteiger partial charge in [0.15, 0.2) is 11.5 Å². The van der Waals surface area contributed by atoms with Gasteiger partial charge >= 0.3 is 0 Å². The molecule has 0 unspecified atom stereocenters. The Balaban J connectivity index is 2.20. The van der Waals surface area contributed by atoms with Crippen molar-refractivity contribution in [2.24, 2.45) is 0 Å². The van der Waals surface area contributed by atoms with Crippen molar-refractivity contribution >= 4 is 5.91 Å². The number of amides is 1. The largest absolute Gasteiger partial charge is 0.497 e. The Bertz CT molecular complexity index is 567. The molecule has 1 aliphatic heterocycles. The summed E-state index contributed by atoms with van der Waals surface area (Å²) in [5.41, 5.74) is 0.409. The summed E-state index contributed by atoms with van der Waals surface area (Å²) in [6, 6.07) is 3.43. The molecule has 0 radical (unpaired) electrons. The van der Waals surface area contributed by atoms with Crippen molar-refractivity contribution in [1.29, 1.82) is 0 Å². The lowest BCUT2D eigenvalue weighted by atomic mass is 10.1. The molecule has 1 saturated heterocycles.